The number of pyridine rings is 1. The van der Waals surface area contributed by atoms with E-state index in [0.717, 1.165) is 5.56 Å². The smallest absolute Gasteiger partial charge is 0.0846 e. The number of aliphatic hydroxyl groups excluding tert-OH is 1. The van der Waals surface area contributed by atoms with Crippen LogP contribution in [0.2, 0.25) is 10.0 Å². The van der Waals surface area contributed by atoms with E-state index in [2.05, 4.69) is 4.98 Å². The van der Waals surface area contributed by atoms with Crippen molar-refractivity contribution in [2.75, 3.05) is 5.73 Å². The third-order valence-electron chi connectivity index (χ3n) is 2.67. The van der Waals surface area contributed by atoms with Crippen LogP contribution in [0.25, 0.3) is 0 Å². The van der Waals surface area contributed by atoms with Crippen molar-refractivity contribution < 1.29 is 5.11 Å². The number of aliphatic hydroxyl groups is 1. The Morgan fingerprint density at radius 2 is 2.06 bits per heavy atom. The highest BCUT2D eigenvalue weighted by atomic mass is 35.5. The summed E-state index contributed by atoms with van der Waals surface area (Å²) in [7, 11) is 0. The number of hydrogen-bond donors (Lipinski definition) is 2. The monoisotopic (exact) mass is 282 g/mol. The summed E-state index contributed by atoms with van der Waals surface area (Å²) in [6, 6.07) is 6.69. The first-order valence-electron chi connectivity index (χ1n) is 5.39. The second kappa shape index (κ2) is 5.57. The van der Waals surface area contributed by atoms with Crippen molar-refractivity contribution in [2.45, 2.75) is 12.5 Å². The Balaban J connectivity index is 2.25. The van der Waals surface area contributed by atoms with Crippen molar-refractivity contribution in [3.63, 3.8) is 0 Å². The molecule has 1 atom stereocenters. The lowest BCUT2D eigenvalue weighted by molar-refractivity contribution is 0.178. The molecule has 2 rings (SSSR count). The zero-order valence-corrected chi connectivity index (χ0v) is 11.0. The summed E-state index contributed by atoms with van der Waals surface area (Å²) in [4.78, 5) is 3.98. The zero-order valence-electron chi connectivity index (χ0n) is 9.48. The van der Waals surface area contributed by atoms with Crippen LogP contribution in [0.4, 0.5) is 5.69 Å². The van der Waals surface area contributed by atoms with Crippen LogP contribution in [0.3, 0.4) is 0 Å². The minimum absolute atomic E-state index is 0.347. The Bertz CT molecular complexity index is 560. The summed E-state index contributed by atoms with van der Waals surface area (Å²) < 4.78 is 0. The fourth-order valence-corrected chi connectivity index (χ4v) is 2.12. The Morgan fingerprint density at radius 1 is 1.28 bits per heavy atom. The Labute approximate surface area is 115 Å². The Hall–Kier alpha value is -1.29. The molecule has 0 aliphatic carbocycles. The predicted molar refractivity (Wildman–Crippen MR) is 73.8 cm³/mol. The molecule has 3 N–H and O–H groups in total. The van der Waals surface area contributed by atoms with Crippen LogP contribution >= 0.6 is 23.2 Å². The number of hydrogen-bond acceptors (Lipinski definition) is 3. The first-order chi connectivity index (χ1) is 8.58. The zero-order chi connectivity index (χ0) is 13.1. The van der Waals surface area contributed by atoms with E-state index in [9.17, 15) is 5.11 Å². The summed E-state index contributed by atoms with van der Waals surface area (Å²) in [5.41, 5.74) is 7.77. The summed E-state index contributed by atoms with van der Waals surface area (Å²) in [5, 5.41) is 11.2. The maximum absolute atomic E-state index is 10.2. The van der Waals surface area contributed by atoms with Crippen molar-refractivity contribution in [1.82, 2.24) is 4.98 Å². The number of aromatic nitrogens is 1. The van der Waals surface area contributed by atoms with E-state index in [-0.39, 0.29) is 0 Å². The van der Waals surface area contributed by atoms with Crippen LogP contribution in [-0.4, -0.2) is 10.1 Å². The maximum atomic E-state index is 10.2. The van der Waals surface area contributed by atoms with Gasteiger partial charge in [-0.15, -0.1) is 0 Å². The first-order valence-corrected chi connectivity index (χ1v) is 6.15. The third-order valence-corrected chi connectivity index (χ3v) is 3.25. The molecule has 0 saturated heterocycles. The van der Waals surface area contributed by atoms with Gasteiger partial charge in [0.05, 0.1) is 6.10 Å². The van der Waals surface area contributed by atoms with Crippen LogP contribution in [0, 0.1) is 0 Å². The van der Waals surface area contributed by atoms with Gasteiger partial charge in [-0.05, 0) is 29.8 Å². The number of nitrogen functional groups attached to an aromatic ring is 1. The summed E-state index contributed by atoms with van der Waals surface area (Å²) in [6.07, 6.45) is 2.83. The third kappa shape index (κ3) is 2.93. The van der Waals surface area contributed by atoms with E-state index < -0.39 is 6.10 Å². The lowest BCUT2D eigenvalue weighted by Gasteiger charge is -2.14. The van der Waals surface area contributed by atoms with Crippen molar-refractivity contribution in [2.24, 2.45) is 0 Å². The number of anilines is 1. The van der Waals surface area contributed by atoms with Gasteiger partial charge in [-0.3, -0.25) is 4.98 Å². The first kappa shape index (κ1) is 13.1. The fraction of sp³-hybridized carbons (Fsp3) is 0.154. The maximum Gasteiger partial charge on any atom is 0.0846 e. The lowest BCUT2D eigenvalue weighted by atomic mass is 10.0. The van der Waals surface area contributed by atoms with Gasteiger partial charge in [0, 0.05) is 40.1 Å². The molecule has 0 spiro atoms. The van der Waals surface area contributed by atoms with Crippen molar-refractivity contribution in [3.05, 3.63) is 57.8 Å². The Kier molecular flexibility index (Phi) is 4.07. The van der Waals surface area contributed by atoms with Gasteiger partial charge in [0.25, 0.3) is 0 Å². The van der Waals surface area contributed by atoms with Crippen LogP contribution in [0.1, 0.15) is 17.2 Å². The molecule has 3 nitrogen and oxygen atoms in total. The normalized spacial score (nSPS) is 12.4. The van der Waals surface area contributed by atoms with Gasteiger partial charge in [-0.25, -0.2) is 0 Å². The van der Waals surface area contributed by atoms with Gasteiger partial charge in [0.1, 0.15) is 0 Å². The average Bonchev–Trinajstić information content (AvgIpc) is 2.35. The molecular formula is C13H12Cl2N2O. The molecule has 1 aromatic carbocycles. The molecule has 1 heterocycles. The number of rotatable bonds is 3. The standard InChI is InChI=1S/C13H12Cl2N2O/c14-9-1-2-11(15)10(6-9)13(18)5-8-7-17-4-3-12(8)16/h1-4,6-7,13,18H,5H2,(H2,16,17). The minimum Gasteiger partial charge on any atom is -0.398 e. The van der Waals surface area contributed by atoms with Crippen molar-refractivity contribution >= 4 is 28.9 Å². The van der Waals surface area contributed by atoms with Crippen LogP contribution < -0.4 is 5.73 Å². The molecular weight excluding hydrogens is 271 g/mol. The lowest BCUT2D eigenvalue weighted by Crippen LogP contribution is -2.05. The van der Waals surface area contributed by atoms with Gasteiger partial charge in [0.2, 0.25) is 0 Å². The molecule has 18 heavy (non-hydrogen) atoms. The molecule has 0 saturated carbocycles. The van der Waals surface area contributed by atoms with Crippen LogP contribution in [-0.2, 0) is 6.42 Å². The number of halogens is 2. The number of nitrogens with zero attached hydrogens (tertiary/aromatic N) is 1. The molecule has 0 aliphatic heterocycles. The van der Waals surface area contributed by atoms with Crippen LogP contribution in [0.5, 0.6) is 0 Å². The molecule has 2 aromatic rings. The molecule has 94 valence electrons. The van der Waals surface area contributed by atoms with Crippen LogP contribution in [0.15, 0.2) is 36.7 Å². The quantitative estimate of drug-likeness (QED) is 0.909. The average molecular weight is 283 g/mol. The largest absolute Gasteiger partial charge is 0.398 e. The van der Waals surface area contributed by atoms with Gasteiger partial charge in [0.15, 0.2) is 0 Å². The molecule has 5 heteroatoms. The SMILES string of the molecule is Nc1ccncc1CC(O)c1cc(Cl)ccc1Cl. The van der Waals surface area contributed by atoms with E-state index in [1.54, 1.807) is 36.7 Å². The number of nitrogens with two attached hydrogens (primary N) is 1. The topological polar surface area (TPSA) is 59.1 Å². The fourth-order valence-electron chi connectivity index (χ4n) is 1.70. The molecule has 1 unspecified atom stereocenters. The second-order valence-electron chi connectivity index (χ2n) is 3.96. The molecule has 0 amide bonds. The summed E-state index contributed by atoms with van der Waals surface area (Å²) in [6.45, 7) is 0. The van der Waals surface area contributed by atoms with Gasteiger partial charge in [-0.1, -0.05) is 23.2 Å². The summed E-state index contributed by atoms with van der Waals surface area (Å²) in [5.74, 6) is 0. The van der Waals surface area contributed by atoms with E-state index in [1.165, 1.54) is 0 Å². The molecule has 0 bridgehead atoms. The minimum atomic E-state index is -0.761. The highest BCUT2D eigenvalue weighted by Crippen LogP contribution is 2.29. The Morgan fingerprint density at radius 3 is 2.78 bits per heavy atom. The summed E-state index contributed by atoms with van der Waals surface area (Å²) >= 11 is 11.9. The molecule has 0 radical (unpaired) electrons. The van der Waals surface area contributed by atoms with Gasteiger partial charge < -0.3 is 10.8 Å². The van der Waals surface area contributed by atoms with Gasteiger partial charge in [-0.2, -0.15) is 0 Å². The van der Waals surface area contributed by atoms with E-state index in [1.807, 2.05) is 0 Å². The molecule has 0 aliphatic rings. The molecule has 0 fully saturated rings. The van der Waals surface area contributed by atoms with E-state index in [4.69, 9.17) is 28.9 Å². The highest BCUT2D eigenvalue weighted by molar-refractivity contribution is 6.33. The number of benzene rings is 1. The predicted octanol–water partition coefficient (Wildman–Crippen LogP) is 3.25. The van der Waals surface area contributed by atoms with Crippen molar-refractivity contribution in [3.8, 4) is 0 Å². The highest BCUT2D eigenvalue weighted by Gasteiger charge is 2.14. The van der Waals surface area contributed by atoms with Gasteiger partial charge >= 0.3 is 0 Å². The van der Waals surface area contributed by atoms with E-state index in [0.29, 0.717) is 27.7 Å². The molecule has 1 aromatic heterocycles. The van der Waals surface area contributed by atoms with E-state index >= 15 is 0 Å². The van der Waals surface area contributed by atoms with Crippen molar-refractivity contribution in [1.29, 1.82) is 0 Å². The second-order valence-corrected chi connectivity index (χ2v) is 4.80.